The molecule has 102 valence electrons. The van der Waals surface area contributed by atoms with Gasteiger partial charge >= 0.3 is 5.76 Å². The first-order valence-electron chi connectivity index (χ1n) is 6.17. The fourth-order valence-electron chi connectivity index (χ4n) is 1.96. The predicted octanol–water partition coefficient (Wildman–Crippen LogP) is 2.36. The molecule has 2 N–H and O–H groups in total. The molecule has 0 radical (unpaired) electrons. The van der Waals surface area contributed by atoms with Crippen LogP contribution in [0.2, 0.25) is 0 Å². The van der Waals surface area contributed by atoms with E-state index in [1.165, 1.54) is 0 Å². The average molecular weight is 287 g/mol. The van der Waals surface area contributed by atoms with Crippen molar-refractivity contribution in [2.75, 3.05) is 11.5 Å². The monoisotopic (exact) mass is 287 g/mol. The quantitative estimate of drug-likeness (QED) is 0.746. The van der Waals surface area contributed by atoms with Crippen LogP contribution in [0.15, 0.2) is 56.7 Å². The largest absolute Gasteiger partial charge is 0.419 e. The molecule has 5 nitrogen and oxygen atoms in total. The van der Waals surface area contributed by atoms with Crippen LogP contribution in [-0.2, 0) is 6.54 Å². The second-order valence-corrected chi connectivity index (χ2v) is 5.42. The van der Waals surface area contributed by atoms with Gasteiger partial charge < -0.3 is 10.2 Å². The van der Waals surface area contributed by atoms with Gasteiger partial charge in [-0.05, 0) is 24.3 Å². The number of nitrogens with zero attached hydrogens (tertiary/aromatic N) is 2. The highest BCUT2D eigenvalue weighted by Crippen LogP contribution is 2.18. The van der Waals surface area contributed by atoms with E-state index in [1.807, 2.05) is 24.3 Å². The molecule has 0 aliphatic heterocycles. The number of nitrogens with two attached hydrogens (primary N) is 1. The topological polar surface area (TPSA) is 74.0 Å². The number of pyridine rings is 1. The Morgan fingerprint density at radius 1 is 1.25 bits per heavy atom. The fraction of sp³-hybridized carbons (Fsp3) is 0.143. The third-order valence-electron chi connectivity index (χ3n) is 2.92. The van der Waals surface area contributed by atoms with Crippen LogP contribution in [0.1, 0.15) is 0 Å². The van der Waals surface area contributed by atoms with Gasteiger partial charge in [-0.25, -0.2) is 9.78 Å². The number of rotatable bonds is 4. The normalized spacial score (nSPS) is 11.0. The molecule has 0 unspecified atom stereocenters. The molecule has 2 aromatic heterocycles. The maximum absolute atomic E-state index is 11.8. The highest BCUT2D eigenvalue weighted by atomic mass is 32.2. The first-order valence-corrected chi connectivity index (χ1v) is 7.15. The summed E-state index contributed by atoms with van der Waals surface area (Å²) in [6, 6.07) is 11.1. The molecule has 6 heteroatoms. The summed E-state index contributed by atoms with van der Waals surface area (Å²) in [4.78, 5) is 16.8. The Bertz CT molecular complexity index is 777. The molecule has 0 amide bonds. The summed E-state index contributed by atoms with van der Waals surface area (Å²) in [5.41, 5.74) is 6.99. The van der Waals surface area contributed by atoms with E-state index >= 15 is 0 Å². The van der Waals surface area contributed by atoms with Crippen LogP contribution in [0, 0.1) is 0 Å². The van der Waals surface area contributed by atoms with Crippen LogP contribution in [0.3, 0.4) is 0 Å². The van der Waals surface area contributed by atoms with Crippen LogP contribution in [0.25, 0.3) is 11.1 Å². The molecule has 0 fully saturated rings. The number of hydrogen-bond donors (Lipinski definition) is 1. The summed E-state index contributed by atoms with van der Waals surface area (Å²) in [7, 11) is 0. The summed E-state index contributed by atoms with van der Waals surface area (Å²) in [5.74, 6) is 0.948. The zero-order chi connectivity index (χ0) is 13.9. The number of para-hydroxylation sites is 2. The van der Waals surface area contributed by atoms with Gasteiger partial charge in [0.15, 0.2) is 5.58 Å². The Kier molecular flexibility index (Phi) is 3.47. The minimum atomic E-state index is -0.317. The van der Waals surface area contributed by atoms with Gasteiger partial charge in [-0.2, -0.15) is 0 Å². The predicted molar refractivity (Wildman–Crippen MR) is 79.8 cm³/mol. The zero-order valence-corrected chi connectivity index (χ0v) is 11.5. The Labute approximate surface area is 119 Å². The minimum Gasteiger partial charge on any atom is -0.408 e. The van der Waals surface area contributed by atoms with E-state index in [0.717, 1.165) is 16.2 Å². The van der Waals surface area contributed by atoms with Gasteiger partial charge in [-0.1, -0.05) is 12.1 Å². The third-order valence-corrected chi connectivity index (χ3v) is 3.88. The number of hydrogen-bond acceptors (Lipinski definition) is 5. The Balaban J connectivity index is 1.72. The van der Waals surface area contributed by atoms with E-state index in [1.54, 1.807) is 34.7 Å². The zero-order valence-electron chi connectivity index (χ0n) is 10.7. The van der Waals surface area contributed by atoms with Crippen molar-refractivity contribution in [1.82, 2.24) is 9.55 Å². The lowest BCUT2D eigenvalue weighted by molar-refractivity contribution is 0.514. The second kappa shape index (κ2) is 5.42. The van der Waals surface area contributed by atoms with Crippen molar-refractivity contribution in [3.8, 4) is 0 Å². The van der Waals surface area contributed by atoms with Crippen molar-refractivity contribution in [3.05, 3.63) is 53.1 Å². The number of thioether (sulfide) groups is 1. The summed E-state index contributed by atoms with van der Waals surface area (Å²) in [6.07, 6.45) is 1.73. The summed E-state index contributed by atoms with van der Waals surface area (Å²) in [6.45, 7) is 0.588. The highest BCUT2D eigenvalue weighted by Gasteiger charge is 2.07. The molecule has 0 spiro atoms. The van der Waals surface area contributed by atoms with Crippen molar-refractivity contribution >= 4 is 28.7 Å². The lowest BCUT2D eigenvalue weighted by Crippen LogP contribution is -2.15. The molecule has 0 saturated heterocycles. The number of aromatic nitrogens is 2. The van der Waals surface area contributed by atoms with Crippen molar-refractivity contribution in [2.45, 2.75) is 11.4 Å². The summed E-state index contributed by atoms with van der Waals surface area (Å²) in [5, 5.41) is 0. The van der Waals surface area contributed by atoms with Crippen LogP contribution in [0.4, 0.5) is 5.82 Å². The van der Waals surface area contributed by atoms with Crippen molar-refractivity contribution in [1.29, 1.82) is 0 Å². The SMILES string of the molecule is Nc1ccc(SCCn2c(=O)oc3ccccc32)cn1. The number of oxazole rings is 1. The lowest BCUT2D eigenvalue weighted by Gasteiger charge is -2.03. The summed E-state index contributed by atoms with van der Waals surface area (Å²) >= 11 is 1.63. The molecule has 3 aromatic rings. The Morgan fingerprint density at radius 2 is 2.10 bits per heavy atom. The van der Waals surface area contributed by atoms with E-state index in [-0.39, 0.29) is 5.76 Å². The molecule has 0 saturated carbocycles. The van der Waals surface area contributed by atoms with Gasteiger partial charge in [-0.15, -0.1) is 11.8 Å². The Morgan fingerprint density at radius 3 is 2.90 bits per heavy atom. The maximum atomic E-state index is 11.8. The Hall–Kier alpha value is -2.21. The number of benzene rings is 1. The third kappa shape index (κ3) is 2.55. The first kappa shape index (κ1) is 12.8. The fourth-order valence-corrected chi connectivity index (χ4v) is 2.76. The van der Waals surface area contributed by atoms with E-state index in [4.69, 9.17) is 10.2 Å². The minimum absolute atomic E-state index is 0.317. The molecule has 0 atom stereocenters. The average Bonchev–Trinajstić information content (AvgIpc) is 2.77. The molecule has 1 aromatic carbocycles. The maximum Gasteiger partial charge on any atom is 0.419 e. The summed E-state index contributed by atoms with van der Waals surface area (Å²) < 4.78 is 6.83. The molecular weight excluding hydrogens is 274 g/mol. The molecule has 0 bridgehead atoms. The van der Waals surface area contributed by atoms with Crippen molar-refractivity contribution < 1.29 is 4.42 Å². The molecule has 20 heavy (non-hydrogen) atoms. The van der Waals surface area contributed by atoms with Gasteiger partial charge in [-0.3, -0.25) is 4.57 Å². The molecule has 0 aliphatic carbocycles. The number of nitrogen functional groups attached to an aromatic ring is 1. The van der Waals surface area contributed by atoms with Crippen LogP contribution >= 0.6 is 11.8 Å². The van der Waals surface area contributed by atoms with Gasteiger partial charge in [0, 0.05) is 23.4 Å². The first-order chi connectivity index (χ1) is 9.74. The van der Waals surface area contributed by atoms with E-state index in [2.05, 4.69) is 4.98 Å². The smallest absolute Gasteiger partial charge is 0.408 e. The number of anilines is 1. The standard InChI is InChI=1S/C14H13N3O2S/c15-13-6-5-10(9-16-13)20-8-7-17-11-3-1-2-4-12(11)19-14(17)18/h1-6,9H,7-8H2,(H2,15,16). The lowest BCUT2D eigenvalue weighted by atomic mass is 10.3. The van der Waals surface area contributed by atoms with Gasteiger partial charge in [0.1, 0.15) is 5.82 Å². The van der Waals surface area contributed by atoms with E-state index in [0.29, 0.717) is 17.9 Å². The second-order valence-electron chi connectivity index (χ2n) is 4.25. The molecule has 3 rings (SSSR count). The van der Waals surface area contributed by atoms with Crippen LogP contribution in [-0.4, -0.2) is 15.3 Å². The molecular formula is C14H13N3O2S. The van der Waals surface area contributed by atoms with E-state index in [9.17, 15) is 4.79 Å². The highest BCUT2D eigenvalue weighted by molar-refractivity contribution is 7.99. The van der Waals surface area contributed by atoms with Crippen molar-refractivity contribution in [2.24, 2.45) is 0 Å². The van der Waals surface area contributed by atoms with Crippen LogP contribution < -0.4 is 11.5 Å². The van der Waals surface area contributed by atoms with Gasteiger partial charge in [0.2, 0.25) is 0 Å². The van der Waals surface area contributed by atoms with Crippen molar-refractivity contribution in [3.63, 3.8) is 0 Å². The van der Waals surface area contributed by atoms with E-state index < -0.39 is 0 Å². The number of aryl methyl sites for hydroxylation is 1. The van der Waals surface area contributed by atoms with Gasteiger partial charge in [0.05, 0.1) is 5.52 Å². The molecule has 2 heterocycles. The number of fused-ring (bicyclic) bond motifs is 1. The molecule has 0 aliphatic rings. The van der Waals surface area contributed by atoms with Crippen LogP contribution in [0.5, 0.6) is 0 Å². The van der Waals surface area contributed by atoms with Gasteiger partial charge in [0.25, 0.3) is 0 Å².